The topological polar surface area (TPSA) is 140 Å². The highest BCUT2D eigenvalue weighted by molar-refractivity contribution is 5.84. The van der Waals surface area contributed by atoms with Gasteiger partial charge in [-0.05, 0) is 49.4 Å². The van der Waals surface area contributed by atoms with Crippen LogP contribution in [-0.2, 0) is 11.2 Å². The lowest BCUT2D eigenvalue weighted by molar-refractivity contribution is -0.142. The van der Waals surface area contributed by atoms with Gasteiger partial charge in [0.2, 0.25) is 0 Å². The van der Waals surface area contributed by atoms with Gasteiger partial charge in [-0.15, -0.1) is 0 Å². The molecule has 1 rings (SSSR count). The van der Waals surface area contributed by atoms with E-state index in [4.69, 9.17) is 22.4 Å². The first-order chi connectivity index (χ1) is 11.7. The van der Waals surface area contributed by atoms with E-state index in [0.29, 0.717) is 30.9 Å². The van der Waals surface area contributed by atoms with Gasteiger partial charge >= 0.3 is 5.97 Å². The zero-order chi connectivity index (χ0) is 19.4. The van der Waals surface area contributed by atoms with Gasteiger partial charge in [0.05, 0.1) is 5.92 Å². The molecule has 8 N–H and O–H groups in total. The van der Waals surface area contributed by atoms with Crippen LogP contribution >= 0.6 is 0 Å². The Hall–Kier alpha value is -2.19. The van der Waals surface area contributed by atoms with Crippen LogP contribution < -0.4 is 22.8 Å². The maximum absolute atomic E-state index is 13.0. The van der Waals surface area contributed by atoms with Gasteiger partial charge in [-0.3, -0.25) is 4.79 Å². The number of aryl methyl sites for hydroxylation is 1. The number of hydrogen-bond donors (Lipinski definition) is 5. The van der Waals surface area contributed by atoms with Crippen LogP contribution in [0.1, 0.15) is 37.8 Å². The highest BCUT2D eigenvalue weighted by Crippen LogP contribution is 2.15. The minimum atomic E-state index is -0.853. The Morgan fingerprint density at radius 2 is 2.04 bits per heavy atom. The van der Waals surface area contributed by atoms with E-state index in [0.717, 1.165) is 5.56 Å². The minimum Gasteiger partial charge on any atom is -0.481 e. The fraction of sp³-hybridized carbons (Fsp3) is 0.529. The number of nitrogens with zero attached hydrogens (tertiary/aromatic N) is 1. The number of carboxylic acid groups (broad SMARTS) is 1. The van der Waals surface area contributed by atoms with Gasteiger partial charge in [0.1, 0.15) is 11.7 Å². The van der Waals surface area contributed by atoms with Crippen molar-refractivity contribution in [2.24, 2.45) is 34.2 Å². The Labute approximate surface area is 148 Å². The van der Waals surface area contributed by atoms with Gasteiger partial charge in [-0.25, -0.2) is 15.8 Å². The van der Waals surface area contributed by atoms with Crippen LogP contribution in [0.2, 0.25) is 0 Å². The molecule has 0 saturated heterocycles. The Morgan fingerprint density at radius 3 is 2.48 bits per heavy atom. The van der Waals surface area contributed by atoms with Crippen LogP contribution in [-0.4, -0.2) is 23.5 Å². The van der Waals surface area contributed by atoms with Crippen molar-refractivity contribution in [1.29, 1.82) is 0 Å². The van der Waals surface area contributed by atoms with Gasteiger partial charge in [0.15, 0.2) is 0 Å². The maximum atomic E-state index is 13.0. The first-order valence-electron chi connectivity index (χ1n) is 8.16. The number of aliphatic carboxylic acids is 1. The van der Waals surface area contributed by atoms with Crippen molar-refractivity contribution >= 4 is 11.8 Å². The summed E-state index contributed by atoms with van der Waals surface area (Å²) in [6.07, 6.45) is 1.42. The average Bonchev–Trinajstić information content (AvgIpc) is 2.50. The molecule has 25 heavy (non-hydrogen) atoms. The molecule has 0 bridgehead atoms. The predicted molar refractivity (Wildman–Crippen MR) is 98.0 cm³/mol. The van der Waals surface area contributed by atoms with Crippen LogP contribution in [0.3, 0.4) is 0 Å². The zero-order valence-corrected chi connectivity index (χ0v) is 15.1. The number of hydrogen-bond acceptors (Lipinski definition) is 5. The van der Waals surface area contributed by atoms with Crippen LogP contribution in [0.15, 0.2) is 23.3 Å². The lowest BCUT2D eigenvalue weighted by Crippen LogP contribution is -2.27. The Kier molecular flexibility index (Phi) is 11.1. The van der Waals surface area contributed by atoms with E-state index < -0.39 is 11.9 Å². The van der Waals surface area contributed by atoms with Crippen molar-refractivity contribution in [3.8, 4) is 0 Å². The van der Waals surface area contributed by atoms with Crippen molar-refractivity contribution in [2.45, 2.75) is 40.0 Å². The molecule has 1 aromatic carbocycles. The summed E-state index contributed by atoms with van der Waals surface area (Å²) in [6, 6.07) is 5.22. The van der Waals surface area contributed by atoms with Crippen LogP contribution in [0.25, 0.3) is 0 Å². The number of nitrogens with one attached hydrogen (secondary N) is 1. The summed E-state index contributed by atoms with van der Waals surface area (Å²) in [7, 11) is 0. The van der Waals surface area contributed by atoms with Gasteiger partial charge in [0.25, 0.3) is 0 Å². The largest absolute Gasteiger partial charge is 0.481 e. The number of rotatable bonds is 8. The first-order valence-corrected chi connectivity index (χ1v) is 8.16. The van der Waals surface area contributed by atoms with Gasteiger partial charge in [0, 0.05) is 6.42 Å². The summed E-state index contributed by atoms with van der Waals surface area (Å²) >= 11 is 0. The highest BCUT2D eigenvalue weighted by atomic mass is 19.1. The molecule has 0 heterocycles. The Morgan fingerprint density at radius 1 is 1.40 bits per heavy atom. The van der Waals surface area contributed by atoms with E-state index in [1.54, 1.807) is 6.07 Å². The second-order valence-corrected chi connectivity index (χ2v) is 6.23. The third kappa shape index (κ3) is 10.3. The smallest absolute Gasteiger partial charge is 0.306 e. The second kappa shape index (κ2) is 12.2. The number of benzene rings is 1. The van der Waals surface area contributed by atoms with E-state index in [9.17, 15) is 9.18 Å². The number of hydrazine groups is 1. The second-order valence-electron chi connectivity index (χ2n) is 6.23. The standard InChI is InChI=1S/C9H12FN.C8H18N4O2/c1-7-2-3-8(4-5-11)9(10)6-7;1-5(2)3-6(8(13)14)4-7(9)11-12-10/h2-3,6H,4-5,11H2,1H3;5-6,12H,3-4,10H2,1-2H3,(H2,9,11)(H,13,14). The molecule has 0 radical (unpaired) electrons. The number of amidine groups is 1. The zero-order valence-electron chi connectivity index (χ0n) is 15.1. The van der Waals surface area contributed by atoms with Crippen molar-refractivity contribution < 1.29 is 14.3 Å². The van der Waals surface area contributed by atoms with Crippen molar-refractivity contribution in [1.82, 2.24) is 5.53 Å². The molecule has 7 nitrogen and oxygen atoms in total. The number of carbonyl (C=O) groups is 1. The van der Waals surface area contributed by atoms with E-state index in [2.05, 4.69) is 5.10 Å². The number of carboxylic acids is 1. The average molecular weight is 355 g/mol. The van der Waals surface area contributed by atoms with Gasteiger partial charge in [-0.1, -0.05) is 26.0 Å². The van der Waals surface area contributed by atoms with E-state index in [1.165, 1.54) is 6.07 Å². The minimum absolute atomic E-state index is 0.143. The third-order valence-electron chi connectivity index (χ3n) is 3.39. The van der Waals surface area contributed by atoms with E-state index in [1.807, 2.05) is 32.4 Å². The fourth-order valence-corrected chi connectivity index (χ4v) is 2.23. The summed E-state index contributed by atoms with van der Waals surface area (Å²) in [4.78, 5) is 10.8. The quantitative estimate of drug-likeness (QED) is 0.207. The summed E-state index contributed by atoms with van der Waals surface area (Å²) in [5, 5.41) is 12.4. The molecule has 0 aromatic heterocycles. The highest BCUT2D eigenvalue weighted by Gasteiger charge is 2.20. The predicted octanol–water partition coefficient (Wildman–Crippen LogP) is 1.49. The maximum Gasteiger partial charge on any atom is 0.306 e. The van der Waals surface area contributed by atoms with Crippen molar-refractivity contribution in [2.75, 3.05) is 6.54 Å². The monoisotopic (exact) mass is 355 g/mol. The molecule has 0 aliphatic heterocycles. The summed E-state index contributed by atoms with van der Waals surface area (Å²) in [5.74, 6) is 3.95. The Balaban J connectivity index is 0.000000472. The molecule has 142 valence electrons. The molecule has 0 amide bonds. The number of halogens is 1. The normalized spacial score (nSPS) is 12.4. The number of hydrazone groups is 1. The van der Waals surface area contributed by atoms with E-state index >= 15 is 0 Å². The molecule has 0 spiro atoms. The van der Waals surface area contributed by atoms with Gasteiger partial charge in [-0.2, -0.15) is 5.10 Å². The molecule has 0 saturated carbocycles. The number of nitrogens with two attached hydrogens (primary N) is 3. The summed E-state index contributed by atoms with van der Waals surface area (Å²) < 4.78 is 13.0. The first kappa shape index (κ1) is 22.8. The summed E-state index contributed by atoms with van der Waals surface area (Å²) in [6.45, 7) is 6.30. The lowest BCUT2D eigenvalue weighted by atomic mass is 9.94. The molecule has 0 fully saturated rings. The molecule has 0 aliphatic rings. The van der Waals surface area contributed by atoms with Crippen molar-refractivity contribution in [3.05, 3.63) is 35.1 Å². The Bertz CT molecular complexity index is 564. The SMILES string of the molecule is CC(C)CC(C/C(N)=N/NN)C(=O)O.Cc1ccc(CCN)c(F)c1. The molecular formula is C17H30FN5O2. The van der Waals surface area contributed by atoms with Crippen LogP contribution in [0.4, 0.5) is 4.39 Å². The fourth-order valence-electron chi connectivity index (χ4n) is 2.23. The van der Waals surface area contributed by atoms with Crippen LogP contribution in [0, 0.1) is 24.6 Å². The molecule has 1 aromatic rings. The molecular weight excluding hydrogens is 325 g/mol. The molecule has 0 aliphatic carbocycles. The molecule has 1 atom stereocenters. The lowest BCUT2D eigenvalue weighted by Gasteiger charge is -2.13. The van der Waals surface area contributed by atoms with Gasteiger partial charge < -0.3 is 16.6 Å². The summed E-state index contributed by atoms with van der Waals surface area (Å²) in [5.41, 5.74) is 14.4. The van der Waals surface area contributed by atoms with Crippen LogP contribution in [0.5, 0.6) is 0 Å². The molecule has 1 unspecified atom stereocenters. The van der Waals surface area contributed by atoms with E-state index in [-0.39, 0.29) is 18.1 Å². The molecule has 8 heteroatoms. The van der Waals surface area contributed by atoms with Crippen molar-refractivity contribution in [3.63, 3.8) is 0 Å². The third-order valence-corrected chi connectivity index (χ3v) is 3.39.